The highest BCUT2D eigenvalue weighted by Gasteiger charge is 2.20. The van der Waals surface area contributed by atoms with Crippen LogP contribution in [0.4, 0.5) is 0 Å². The molecule has 1 amide bonds. The van der Waals surface area contributed by atoms with Gasteiger partial charge in [-0.05, 0) is 76.6 Å². The minimum atomic E-state index is -0.108. The first-order chi connectivity index (χ1) is 21.4. The molecule has 3 aromatic carbocycles. The van der Waals surface area contributed by atoms with Crippen LogP contribution in [0.3, 0.4) is 0 Å². The molecule has 0 radical (unpaired) electrons. The van der Waals surface area contributed by atoms with E-state index in [1.54, 1.807) is 16.8 Å². The summed E-state index contributed by atoms with van der Waals surface area (Å²) in [6.45, 7) is 3.11. The molecule has 2 aromatic heterocycles. The van der Waals surface area contributed by atoms with Gasteiger partial charge in [-0.1, -0.05) is 60.1 Å². The second-order valence-electron chi connectivity index (χ2n) is 11.6. The van der Waals surface area contributed by atoms with E-state index in [0.717, 1.165) is 63.0 Å². The van der Waals surface area contributed by atoms with E-state index in [4.69, 9.17) is 17.3 Å². The molecule has 1 aliphatic heterocycles. The number of pyridine rings is 1. The summed E-state index contributed by atoms with van der Waals surface area (Å²) in [7, 11) is 0. The number of rotatable bonds is 7. The van der Waals surface area contributed by atoms with Gasteiger partial charge in [0.05, 0.1) is 5.02 Å². The maximum absolute atomic E-state index is 13.2. The molecule has 4 N–H and O–H groups in total. The molecule has 0 bridgehead atoms. The summed E-state index contributed by atoms with van der Waals surface area (Å²) in [5, 5.41) is 6.92. The Bertz CT molecular complexity index is 2050. The van der Waals surface area contributed by atoms with Gasteiger partial charge >= 0.3 is 0 Å². The summed E-state index contributed by atoms with van der Waals surface area (Å²) in [6.07, 6.45) is 7.61. The van der Waals surface area contributed by atoms with Crippen LogP contribution < -0.4 is 21.9 Å². The third-order valence-electron chi connectivity index (χ3n) is 8.70. The number of carbonyl (C=O) groups is 1. The monoisotopic (exact) mass is 601 g/mol. The van der Waals surface area contributed by atoms with E-state index in [2.05, 4.69) is 65.0 Å². The van der Waals surface area contributed by atoms with E-state index in [9.17, 15) is 9.59 Å². The summed E-state index contributed by atoms with van der Waals surface area (Å²) in [4.78, 5) is 29.3. The summed E-state index contributed by atoms with van der Waals surface area (Å²) >= 11 is 7.11. The zero-order valence-electron chi connectivity index (χ0n) is 24.4. The summed E-state index contributed by atoms with van der Waals surface area (Å²) in [5.74, 6) is 0.0800. The van der Waals surface area contributed by atoms with Gasteiger partial charge in [-0.15, -0.1) is 0 Å². The summed E-state index contributed by atoms with van der Waals surface area (Å²) in [6, 6.07) is 22.8. The van der Waals surface area contributed by atoms with E-state index in [1.807, 2.05) is 30.3 Å². The number of nitrogens with zero attached hydrogens (tertiary/aromatic N) is 2. The number of halogens is 1. The molecule has 5 aromatic rings. The molecule has 44 heavy (non-hydrogen) atoms. The number of amides is 1. The van der Waals surface area contributed by atoms with Crippen molar-refractivity contribution < 1.29 is 4.79 Å². The highest BCUT2D eigenvalue weighted by Crippen LogP contribution is 2.40. The highest BCUT2D eigenvalue weighted by atomic mass is 35.5. The molecule has 7 nitrogen and oxygen atoms in total. The van der Waals surface area contributed by atoms with Crippen LogP contribution in [0.2, 0.25) is 5.02 Å². The van der Waals surface area contributed by atoms with Crippen molar-refractivity contribution >= 4 is 29.2 Å². The molecule has 2 aliphatic rings. The Morgan fingerprint density at radius 1 is 1.00 bits per heavy atom. The van der Waals surface area contributed by atoms with E-state index >= 15 is 0 Å². The van der Waals surface area contributed by atoms with Gasteiger partial charge in [0, 0.05) is 66.8 Å². The van der Waals surface area contributed by atoms with Crippen LogP contribution in [-0.4, -0.2) is 27.9 Å². The molecule has 1 aliphatic carbocycles. The van der Waals surface area contributed by atoms with Crippen LogP contribution in [0.15, 0.2) is 89.6 Å². The molecule has 8 heteroatoms. The van der Waals surface area contributed by atoms with Gasteiger partial charge in [0.15, 0.2) is 0 Å². The van der Waals surface area contributed by atoms with E-state index in [-0.39, 0.29) is 17.5 Å². The third-order valence-corrected chi connectivity index (χ3v) is 9.11. The first kappa shape index (κ1) is 28.1. The van der Waals surface area contributed by atoms with Crippen LogP contribution in [0, 0.1) is 6.92 Å². The molecule has 1 saturated heterocycles. The van der Waals surface area contributed by atoms with Gasteiger partial charge in [-0.2, -0.15) is 0 Å². The summed E-state index contributed by atoms with van der Waals surface area (Å²) in [5.41, 5.74) is 17.5. The standard InChI is InChI=1S/C36H32ClN5O2/c1-21-29(24-12-13-42-33(17-24)40-19-26(36(42)44)18-39-20-28-10-11-34(43)41-28)4-2-5-30(21)32-7-3-6-31(35(32)37)23-9-8-22-15-27(38)16-25(22)14-23/h2-9,12-14,16-17,19,28,39H,10-11,15,18,20,38H2,1H3,(H,41,43)/t28-/m0/s1. The first-order valence-corrected chi connectivity index (χ1v) is 15.2. The van der Waals surface area contributed by atoms with Crippen LogP contribution >= 0.6 is 11.6 Å². The predicted octanol–water partition coefficient (Wildman–Crippen LogP) is 5.88. The van der Waals surface area contributed by atoms with Crippen molar-refractivity contribution in [3.63, 3.8) is 0 Å². The van der Waals surface area contributed by atoms with E-state index in [1.165, 1.54) is 5.56 Å². The highest BCUT2D eigenvalue weighted by molar-refractivity contribution is 6.36. The zero-order valence-corrected chi connectivity index (χ0v) is 25.1. The Labute approximate surface area is 260 Å². The molecule has 220 valence electrons. The second kappa shape index (κ2) is 11.4. The molecular formula is C36H32ClN5O2. The van der Waals surface area contributed by atoms with Crippen LogP contribution in [0.25, 0.3) is 45.1 Å². The average molecular weight is 602 g/mol. The largest absolute Gasteiger partial charge is 0.402 e. The minimum absolute atomic E-state index is 0.0800. The Hall–Kier alpha value is -4.72. The van der Waals surface area contributed by atoms with Crippen molar-refractivity contribution in [1.82, 2.24) is 20.0 Å². The Morgan fingerprint density at radius 3 is 2.59 bits per heavy atom. The number of allylic oxidation sites excluding steroid dienone is 1. The number of hydrogen-bond acceptors (Lipinski definition) is 5. The Kier molecular flexibility index (Phi) is 7.28. The topological polar surface area (TPSA) is 102 Å². The van der Waals surface area contributed by atoms with Crippen molar-refractivity contribution in [1.29, 1.82) is 0 Å². The normalized spacial score (nSPS) is 15.8. The van der Waals surface area contributed by atoms with Crippen LogP contribution in [0.5, 0.6) is 0 Å². The maximum Gasteiger partial charge on any atom is 0.262 e. The van der Waals surface area contributed by atoms with Crippen molar-refractivity contribution in [3.05, 3.63) is 122 Å². The molecule has 3 heterocycles. The lowest BCUT2D eigenvalue weighted by Gasteiger charge is -2.16. The number of fused-ring (bicyclic) bond motifs is 2. The molecule has 7 rings (SSSR count). The predicted molar refractivity (Wildman–Crippen MR) is 176 cm³/mol. The Morgan fingerprint density at radius 2 is 1.77 bits per heavy atom. The van der Waals surface area contributed by atoms with Crippen LogP contribution in [-0.2, 0) is 17.8 Å². The minimum Gasteiger partial charge on any atom is -0.402 e. The molecular weight excluding hydrogens is 570 g/mol. The second-order valence-corrected chi connectivity index (χ2v) is 12.0. The fraction of sp³-hybridized carbons (Fsp3) is 0.194. The van der Waals surface area contributed by atoms with Gasteiger partial charge in [0.25, 0.3) is 5.56 Å². The van der Waals surface area contributed by atoms with E-state index < -0.39 is 0 Å². The first-order valence-electron chi connectivity index (χ1n) is 14.8. The average Bonchev–Trinajstić information content (AvgIpc) is 3.62. The number of benzene rings is 3. The fourth-order valence-electron chi connectivity index (χ4n) is 6.35. The van der Waals surface area contributed by atoms with Crippen LogP contribution in [0.1, 0.15) is 35.1 Å². The molecule has 0 unspecified atom stereocenters. The van der Waals surface area contributed by atoms with E-state index in [0.29, 0.717) is 35.7 Å². The van der Waals surface area contributed by atoms with Gasteiger partial charge in [-0.3, -0.25) is 14.0 Å². The molecule has 1 fully saturated rings. The zero-order chi connectivity index (χ0) is 30.4. The van der Waals surface area contributed by atoms with Crippen molar-refractivity contribution in [2.45, 2.75) is 38.8 Å². The number of nitrogens with two attached hydrogens (primary N) is 1. The molecule has 0 spiro atoms. The van der Waals surface area contributed by atoms with Crippen molar-refractivity contribution in [2.75, 3.05) is 6.54 Å². The maximum atomic E-state index is 13.2. The lowest BCUT2D eigenvalue weighted by molar-refractivity contribution is -0.119. The molecule has 0 saturated carbocycles. The smallest absolute Gasteiger partial charge is 0.262 e. The van der Waals surface area contributed by atoms with Gasteiger partial charge in [0.1, 0.15) is 5.65 Å². The van der Waals surface area contributed by atoms with Gasteiger partial charge in [-0.25, -0.2) is 4.98 Å². The number of aromatic nitrogens is 2. The fourth-order valence-corrected chi connectivity index (χ4v) is 6.68. The van der Waals surface area contributed by atoms with Crippen molar-refractivity contribution in [3.8, 4) is 33.4 Å². The molecule has 1 atom stereocenters. The third kappa shape index (κ3) is 5.19. The lowest BCUT2D eigenvalue weighted by atomic mass is 9.91. The Balaban J connectivity index is 1.17. The number of carbonyl (C=O) groups excluding carboxylic acids is 1. The number of nitrogens with one attached hydrogen (secondary N) is 2. The van der Waals surface area contributed by atoms with Crippen molar-refractivity contribution in [2.24, 2.45) is 5.73 Å². The lowest BCUT2D eigenvalue weighted by Crippen LogP contribution is -2.36. The van der Waals surface area contributed by atoms with Gasteiger partial charge < -0.3 is 16.4 Å². The van der Waals surface area contributed by atoms with Gasteiger partial charge in [0.2, 0.25) is 5.91 Å². The summed E-state index contributed by atoms with van der Waals surface area (Å²) < 4.78 is 1.58. The number of hydrogen-bond donors (Lipinski definition) is 3. The quantitative estimate of drug-likeness (QED) is 0.216. The SMILES string of the molecule is Cc1c(-c2ccn3c(=O)c(CNC[C@@H]4CCC(=O)N4)cnc3c2)cccc1-c1cccc(-c2ccc3c(c2)C=C(N)C3)c1Cl.